The van der Waals surface area contributed by atoms with Gasteiger partial charge in [-0.2, -0.15) is 4.72 Å². The highest BCUT2D eigenvalue weighted by Crippen LogP contribution is 2.13. The molecule has 0 aliphatic carbocycles. The molecule has 0 aromatic heterocycles. The Labute approximate surface area is 125 Å². The lowest BCUT2D eigenvalue weighted by molar-refractivity contribution is -0.140. The van der Waals surface area contributed by atoms with E-state index in [0.717, 1.165) is 12.1 Å². The van der Waals surface area contributed by atoms with Gasteiger partial charge in [0.15, 0.2) is 0 Å². The van der Waals surface area contributed by atoms with Crippen LogP contribution in [0.25, 0.3) is 0 Å². The minimum Gasteiger partial charge on any atom is -0.481 e. The fourth-order valence-electron chi connectivity index (χ4n) is 1.55. The van der Waals surface area contributed by atoms with Gasteiger partial charge in [-0.05, 0) is 24.6 Å². The van der Waals surface area contributed by atoms with Crippen LogP contribution in [0.2, 0.25) is 0 Å². The number of aromatic carboxylic acids is 1. The second kappa shape index (κ2) is 7.00. The highest BCUT2D eigenvalue weighted by molar-refractivity contribution is 7.89. The Morgan fingerprint density at radius 3 is 2.27 bits per heavy atom. The zero-order chi connectivity index (χ0) is 16.9. The minimum absolute atomic E-state index is 0.278. The topological polar surface area (TPSA) is 158 Å². The van der Waals surface area contributed by atoms with Crippen LogP contribution in [0.5, 0.6) is 0 Å². The highest BCUT2D eigenvalue weighted by Gasteiger charge is 2.26. The van der Waals surface area contributed by atoms with Crippen LogP contribution in [0.4, 0.5) is 0 Å². The first-order chi connectivity index (χ1) is 10.1. The Morgan fingerprint density at radius 2 is 1.77 bits per heavy atom. The van der Waals surface area contributed by atoms with Crippen molar-refractivity contribution >= 4 is 27.9 Å². The number of hydrogen-bond donors (Lipinski definition) is 4. The van der Waals surface area contributed by atoms with E-state index in [2.05, 4.69) is 0 Å². The number of nitrogens with one attached hydrogen (secondary N) is 1. The third-order valence-corrected chi connectivity index (χ3v) is 4.10. The summed E-state index contributed by atoms with van der Waals surface area (Å²) in [6.07, 6.45) is -0.975. The first-order valence-electron chi connectivity index (χ1n) is 5.94. The van der Waals surface area contributed by atoms with Gasteiger partial charge < -0.3 is 15.3 Å². The van der Waals surface area contributed by atoms with Crippen LogP contribution in [0.15, 0.2) is 29.2 Å². The molecule has 0 spiro atoms. The lowest BCUT2D eigenvalue weighted by Crippen LogP contribution is -2.41. The number of carbonyl (C=O) groups is 3. The zero-order valence-corrected chi connectivity index (χ0v) is 11.9. The van der Waals surface area contributed by atoms with Gasteiger partial charge in [-0.25, -0.2) is 13.2 Å². The molecule has 4 N–H and O–H groups in total. The number of benzene rings is 1. The van der Waals surface area contributed by atoms with Crippen LogP contribution >= 0.6 is 0 Å². The average molecular weight is 331 g/mol. The van der Waals surface area contributed by atoms with Crippen molar-refractivity contribution < 1.29 is 38.1 Å². The van der Waals surface area contributed by atoms with Gasteiger partial charge in [0, 0.05) is 6.42 Å². The van der Waals surface area contributed by atoms with E-state index in [1.165, 1.54) is 12.1 Å². The minimum atomic E-state index is -4.30. The molecule has 10 heteroatoms. The van der Waals surface area contributed by atoms with Crippen molar-refractivity contribution in [3.63, 3.8) is 0 Å². The Bertz CT molecular complexity index is 697. The molecule has 22 heavy (non-hydrogen) atoms. The fraction of sp³-hybridized carbons (Fsp3) is 0.250. The van der Waals surface area contributed by atoms with E-state index in [0.29, 0.717) is 0 Å². The summed E-state index contributed by atoms with van der Waals surface area (Å²) >= 11 is 0. The molecule has 1 atom stereocenters. The molecule has 0 saturated heterocycles. The van der Waals surface area contributed by atoms with Crippen molar-refractivity contribution in [2.75, 3.05) is 0 Å². The van der Waals surface area contributed by atoms with Crippen LogP contribution in [-0.2, 0) is 19.6 Å². The summed E-state index contributed by atoms with van der Waals surface area (Å²) in [5.41, 5.74) is -0.278. The molecule has 1 rings (SSSR count). The molecule has 0 fully saturated rings. The number of sulfonamides is 1. The van der Waals surface area contributed by atoms with Gasteiger partial charge in [-0.1, -0.05) is 6.07 Å². The van der Waals surface area contributed by atoms with Crippen LogP contribution in [0.3, 0.4) is 0 Å². The number of aliphatic carboxylic acids is 2. The van der Waals surface area contributed by atoms with Crippen molar-refractivity contribution in [2.24, 2.45) is 0 Å². The molecule has 120 valence electrons. The summed E-state index contributed by atoms with van der Waals surface area (Å²) < 4.78 is 26.0. The van der Waals surface area contributed by atoms with Crippen LogP contribution in [-0.4, -0.2) is 47.7 Å². The van der Waals surface area contributed by atoms with Gasteiger partial charge in [-0.3, -0.25) is 9.59 Å². The van der Waals surface area contributed by atoms with Crippen molar-refractivity contribution in [1.29, 1.82) is 0 Å². The first-order valence-corrected chi connectivity index (χ1v) is 7.42. The van der Waals surface area contributed by atoms with Crippen LogP contribution in [0, 0.1) is 0 Å². The van der Waals surface area contributed by atoms with Gasteiger partial charge >= 0.3 is 17.9 Å². The van der Waals surface area contributed by atoms with E-state index >= 15 is 0 Å². The smallest absolute Gasteiger partial charge is 0.335 e. The van der Waals surface area contributed by atoms with Crippen molar-refractivity contribution in [3.05, 3.63) is 29.8 Å². The molecule has 0 aliphatic rings. The summed E-state index contributed by atoms with van der Waals surface area (Å²) in [7, 11) is -4.30. The third-order valence-electron chi connectivity index (χ3n) is 2.63. The maximum atomic E-state index is 12.1. The Hall–Kier alpha value is -2.46. The molecule has 1 aromatic carbocycles. The Morgan fingerprint density at radius 1 is 1.14 bits per heavy atom. The Kier molecular flexibility index (Phi) is 5.60. The standard InChI is InChI=1S/C12H13NO8S/c14-10(15)5-4-9(12(18)19)13-22(20,21)8-3-1-2-7(6-8)11(16)17/h1-3,6,9,13H,4-5H2,(H,14,15)(H,16,17)(H,18,19)/t9-/m0/s1. The normalized spacial score (nSPS) is 12.5. The molecule has 1 aromatic rings. The predicted octanol–water partition coefficient (Wildman–Crippen LogP) is -0.0189. The lowest BCUT2D eigenvalue weighted by Gasteiger charge is -2.14. The molecular weight excluding hydrogens is 318 g/mol. The van der Waals surface area contributed by atoms with Crippen molar-refractivity contribution in [3.8, 4) is 0 Å². The van der Waals surface area contributed by atoms with E-state index in [9.17, 15) is 22.8 Å². The number of carboxylic acid groups (broad SMARTS) is 3. The maximum absolute atomic E-state index is 12.1. The average Bonchev–Trinajstić information content (AvgIpc) is 2.43. The summed E-state index contributed by atoms with van der Waals surface area (Å²) in [4.78, 5) is 31.8. The molecule has 0 radical (unpaired) electrons. The van der Waals surface area contributed by atoms with Gasteiger partial charge in [0.2, 0.25) is 10.0 Å². The van der Waals surface area contributed by atoms with Crippen molar-refractivity contribution in [2.45, 2.75) is 23.8 Å². The maximum Gasteiger partial charge on any atom is 0.335 e. The molecule has 0 aliphatic heterocycles. The molecule has 0 heterocycles. The van der Waals surface area contributed by atoms with Gasteiger partial charge in [0.1, 0.15) is 6.04 Å². The summed E-state index contributed by atoms with van der Waals surface area (Å²) in [5.74, 6) is -4.13. The largest absolute Gasteiger partial charge is 0.481 e. The predicted molar refractivity (Wildman–Crippen MR) is 72.0 cm³/mol. The van der Waals surface area contributed by atoms with E-state index in [1.807, 2.05) is 4.72 Å². The van der Waals surface area contributed by atoms with Gasteiger partial charge in [0.25, 0.3) is 0 Å². The number of rotatable bonds is 8. The fourth-order valence-corrected chi connectivity index (χ4v) is 2.82. The number of hydrogen-bond acceptors (Lipinski definition) is 5. The van der Waals surface area contributed by atoms with E-state index in [-0.39, 0.29) is 5.56 Å². The monoisotopic (exact) mass is 331 g/mol. The van der Waals surface area contributed by atoms with Crippen molar-refractivity contribution in [1.82, 2.24) is 4.72 Å². The molecule has 0 bridgehead atoms. The SMILES string of the molecule is O=C(O)CC[C@H](NS(=O)(=O)c1cccc(C(=O)O)c1)C(=O)O. The van der Waals surface area contributed by atoms with Crippen LogP contribution < -0.4 is 4.72 Å². The van der Waals surface area contributed by atoms with Gasteiger partial charge in [-0.15, -0.1) is 0 Å². The molecule has 9 nitrogen and oxygen atoms in total. The van der Waals surface area contributed by atoms with E-state index in [4.69, 9.17) is 15.3 Å². The van der Waals surface area contributed by atoms with Crippen LogP contribution in [0.1, 0.15) is 23.2 Å². The number of carboxylic acids is 3. The first kappa shape index (κ1) is 17.6. The zero-order valence-electron chi connectivity index (χ0n) is 11.1. The quantitative estimate of drug-likeness (QED) is 0.517. The summed E-state index contributed by atoms with van der Waals surface area (Å²) in [5, 5.41) is 26.3. The highest BCUT2D eigenvalue weighted by atomic mass is 32.2. The summed E-state index contributed by atoms with van der Waals surface area (Å²) in [6, 6.07) is 2.73. The van der Waals surface area contributed by atoms with Gasteiger partial charge in [0.05, 0.1) is 10.5 Å². The third kappa shape index (κ3) is 4.82. The molecule has 0 unspecified atom stereocenters. The Balaban J connectivity index is 3.02. The molecular formula is C12H13NO8S. The van der Waals surface area contributed by atoms with E-state index in [1.54, 1.807) is 0 Å². The second-order valence-corrected chi connectivity index (χ2v) is 5.99. The summed E-state index contributed by atoms with van der Waals surface area (Å²) in [6.45, 7) is 0. The lowest BCUT2D eigenvalue weighted by atomic mass is 10.2. The second-order valence-electron chi connectivity index (χ2n) is 4.28. The molecule has 0 saturated carbocycles. The van der Waals surface area contributed by atoms with E-state index < -0.39 is 51.7 Å². The molecule has 0 amide bonds.